The highest BCUT2D eigenvalue weighted by Gasteiger charge is 2.54. The maximum Gasteiger partial charge on any atom is 0.416 e. The lowest BCUT2D eigenvalue weighted by Gasteiger charge is -2.44. The first kappa shape index (κ1) is 62.4. The number of carbonyl (C=O) groups is 4. The van der Waals surface area contributed by atoms with E-state index in [9.17, 15) is 19.2 Å². The van der Waals surface area contributed by atoms with Crippen molar-refractivity contribution in [3.63, 3.8) is 0 Å². The Labute approximate surface area is 479 Å². The van der Waals surface area contributed by atoms with Gasteiger partial charge >= 0.3 is 12.2 Å². The van der Waals surface area contributed by atoms with Crippen molar-refractivity contribution in [3.05, 3.63) is 35.4 Å². The third kappa shape index (κ3) is 14.2. The first-order valence-corrected chi connectivity index (χ1v) is 33.5. The van der Waals surface area contributed by atoms with Crippen molar-refractivity contribution < 1.29 is 61.2 Å². The van der Waals surface area contributed by atoms with Gasteiger partial charge in [-0.15, -0.1) is 0 Å². The molecule has 2 aromatic rings. The van der Waals surface area contributed by atoms with E-state index in [-0.39, 0.29) is 99.2 Å². The van der Waals surface area contributed by atoms with Gasteiger partial charge in [0.05, 0.1) is 68.1 Å². The number of amides is 4. The van der Waals surface area contributed by atoms with Crippen molar-refractivity contribution in [2.75, 3.05) is 70.6 Å². The summed E-state index contributed by atoms with van der Waals surface area (Å²) in [6.07, 6.45) is -1.35. The number of alkyl halides is 6. The summed E-state index contributed by atoms with van der Waals surface area (Å²) in [5.74, 6) is 0.563. The van der Waals surface area contributed by atoms with E-state index >= 15 is 0 Å². The molecule has 0 radical (unpaired) electrons. The van der Waals surface area contributed by atoms with Crippen molar-refractivity contribution in [2.45, 2.75) is 155 Å². The van der Waals surface area contributed by atoms with Crippen LogP contribution < -0.4 is 28.7 Å². The lowest BCUT2D eigenvalue weighted by atomic mass is 10.1. The third-order valence-electron chi connectivity index (χ3n) is 15.3. The summed E-state index contributed by atoms with van der Waals surface area (Å²) < 4.78 is 51.7. The molecule has 2 saturated heterocycles. The molecule has 4 heterocycles. The first-order valence-electron chi connectivity index (χ1n) is 25.4. The van der Waals surface area contributed by atoms with Crippen LogP contribution >= 0.6 is 69.6 Å². The Balaban J connectivity index is 1.25. The molecule has 0 saturated carbocycles. The van der Waals surface area contributed by atoms with Crippen LogP contribution in [0.15, 0.2) is 24.3 Å². The molecule has 0 spiro atoms. The van der Waals surface area contributed by atoms with Crippen LogP contribution in [-0.4, -0.2) is 150 Å². The monoisotopic (exact) mass is 1220 g/mol. The maximum absolute atomic E-state index is 14.6. The summed E-state index contributed by atoms with van der Waals surface area (Å²) in [7, 11) is -0.780. The summed E-state index contributed by atoms with van der Waals surface area (Å²) >= 11 is 36.5. The van der Waals surface area contributed by atoms with Gasteiger partial charge in [0.25, 0.3) is 11.8 Å². The van der Waals surface area contributed by atoms with Crippen LogP contribution in [-0.2, 0) is 23.1 Å². The fourth-order valence-electron chi connectivity index (χ4n) is 9.20. The minimum atomic E-state index is -2.68. The van der Waals surface area contributed by atoms with Gasteiger partial charge in [0, 0.05) is 38.8 Å². The molecule has 6 atom stereocenters. The average Bonchev–Trinajstić information content (AvgIpc) is 3.90. The number of methoxy groups -OCH3 is 3. The quantitative estimate of drug-likeness (QED) is 0.0835. The molecule has 2 fully saturated rings. The third-order valence-corrected chi connectivity index (χ3v) is 24.8. The van der Waals surface area contributed by atoms with E-state index in [1.54, 1.807) is 41.2 Å². The van der Waals surface area contributed by atoms with Gasteiger partial charge in [-0.05, 0) is 80.0 Å². The van der Waals surface area contributed by atoms with Crippen LogP contribution in [0.25, 0.3) is 0 Å². The van der Waals surface area contributed by atoms with E-state index in [2.05, 4.69) is 74.7 Å². The number of carbonyl (C=O) groups excluding carboxylic acids is 4. The van der Waals surface area contributed by atoms with Crippen molar-refractivity contribution in [1.29, 1.82) is 0 Å². The van der Waals surface area contributed by atoms with Crippen LogP contribution in [0.4, 0.5) is 21.0 Å². The smallest absolute Gasteiger partial charge is 0.416 e. The number of unbranched alkanes of at least 4 members (excludes halogenated alkanes) is 2. The average molecular weight is 1220 g/mol. The summed E-state index contributed by atoms with van der Waals surface area (Å²) in [4.78, 5) is 64.2. The number of nitrogens with zero attached hydrogens (tertiary/aromatic N) is 4. The number of fused-ring (bicyclic) bond motifs is 4. The highest BCUT2D eigenvalue weighted by atomic mass is 35.6. The molecule has 2 aromatic carbocycles. The van der Waals surface area contributed by atoms with Gasteiger partial charge in [-0.1, -0.05) is 118 Å². The number of rotatable bonds is 17. The van der Waals surface area contributed by atoms with Crippen LogP contribution in [0, 0.1) is 5.92 Å². The molecule has 0 N–H and O–H groups in total. The van der Waals surface area contributed by atoms with Crippen molar-refractivity contribution in [1.82, 2.24) is 9.80 Å². The molecular weight excluding hydrogens is 1150 g/mol. The lowest BCUT2D eigenvalue weighted by Crippen LogP contribution is -2.58. The number of hydrogen-bond donors (Lipinski definition) is 0. The van der Waals surface area contributed by atoms with Gasteiger partial charge in [0.15, 0.2) is 52.1 Å². The van der Waals surface area contributed by atoms with Crippen LogP contribution in [0.5, 0.6) is 23.0 Å². The van der Waals surface area contributed by atoms with E-state index < -0.39 is 74.2 Å². The zero-order chi connectivity index (χ0) is 56.7. The van der Waals surface area contributed by atoms with Crippen LogP contribution in [0.2, 0.25) is 36.3 Å². The molecule has 0 aromatic heterocycles. The zero-order valence-electron chi connectivity index (χ0n) is 45.9. The Morgan fingerprint density at radius 2 is 0.987 bits per heavy atom. The van der Waals surface area contributed by atoms with Gasteiger partial charge in [-0.3, -0.25) is 9.59 Å². The second-order valence-corrected chi connectivity index (χ2v) is 37.4. The van der Waals surface area contributed by atoms with E-state index in [1.165, 1.54) is 24.0 Å². The van der Waals surface area contributed by atoms with Gasteiger partial charge in [0.1, 0.15) is 13.2 Å². The molecule has 6 rings (SSSR count). The largest absolute Gasteiger partial charge is 0.493 e. The standard InChI is InChI=1S/C51H74Cl6N4O13Si2/c1-30-20-36-44(73-75(11,12)48(2,3)4)60(46(64)71-28-50(52,53)54)34-24-40(38(67-9)22-32(34)42(62)58(36)26-30)69-18-16-15-17-19-70-41-25-35-33(23-39(41)68-10)43(63)59-27-31(66-8)21-37(59)45(74-76(13,14)49(5,6)7)61(35)47(65)72-29-51(55,56)57/h22-25,30-31,36-37,44-45H,15-21,26-29H2,1-14H3/t30?,31?,36-,37-,44-,45-/m0/s1. The van der Waals surface area contributed by atoms with Crippen molar-refractivity contribution in [2.24, 2.45) is 5.92 Å². The Morgan fingerprint density at radius 1 is 0.592 bits per heavy atom. The normalized spacial score (nSPS) is 22.3. The number of ether oxygens (including phenoxy) is 7. The van der Waals surface area contributed by atoms with E-state index in [1.807, 2.05) is 0 Å². The molecule has 0 aliphatic carbocycles. The molecule has 25 heteroatoms. The Kier molecular flexibility index (Phi) is 19.8. The predicted octanol–water partition coefficient (Wildman–Crippen LogP) is 12.8. The molecular formula is C51H74Cl6N4O13Si2. The Morgan fingerprint density at radius 3 is 1.36 bits per heavy atom. The topological polar surface area (TPSA) is 164 Å². The van der Waals surface area contributed by atoms with Crippen LogP contribution in [0.3, 0.4) is 0 Å². The SMILES string of the molecule is COc1cc2c(cc1OCCCCCOc1cc3c(cc1OC)C(=O)N1CC(OC)C[C@H]1[C@H](O[Si](C)(C)C(C)(C)C)N3C(=O)OCC(Cl)(Cl)Cl)N(C(=O)OCC(Cl)(Cl)Cl)[C@@H](O[Si](C)(C)C(C)(C)C)[C@@H]1CC(C)CN1C2=O. The summed E-state index contributed by atoms with van der Waals surface area (Å²) in [6, 6.07) is 5.19. The first-order chi connectivity index (χ1) is 35.1. The zero-order valence-corrected chi connectivity index (χ0v) is 52.5. The highest BCUT2D eigenvalue weighted by molar-refractivity contribution is 6.74. The summed E-state index contributed by atoms with van der Waals surface area (Å²) in [5.41, 5.74) is 0.744. The molecule has 4 amide bonds. The minimum Gasteiger partial charge on any atom is -0.493 e. The fourth-order valence-corrected chi connectivity index (χ4v) is 12.0. The molecule has 0 bridgehead atoms. The number of benzene rings is 2. The van der Waals surface area contributed by atoms with Crippen molar-refractivity contribution in [3.8, 4) is 23.0 Å². The molecule has 4 aliphatic rings. The van der Waals surface area contributed by atoms with Gasteiger partial charge < -0.3 is 51.8 Å². The van der Waals surface area contributed by atoms with E-state index in [0.717, 1.165) is 0 Å². The number of anilines is 2. The molecule has 76 heavy (non-hydrogen) atoms. The number of halogens is 6. The van der Waals surface area contributed by atoms with Gasteiger partial charge in [0.2, 0.25) is 7.59 Å². The van der Waals surface area contributed by atoms with E-state index in [0.29, 0.717) is 38.6 Å². The second-order valence-electron chi connectivity index (χ2n) is 22.9. The molecule has 4 aliphatic heterocycles. The van der Waals surface area contributed by atoms with Gasteiger partial charge in [-0.2, -0.15) is 0 Å². The highest BCUT2D eigenvalue weighted by Crippen LogP contribution is 2.48. The Bertz CT molecular complexity index is 2450. The fraction of sp³-hybridized carbons (Fsp3) is 0.686. The lowest BCUT2D eigenvalue weighted by molar-refractivity contribution is 0.0521. The van der Waals surface area contributed by atoms with Crippen LogP contribution in [0.1, 0.15) is 101 Å². The van der Waals surface area contributed by atoms with Crippen molar-refractivity contribution >= 4 is 122 Å². The maximum atomic E-state index is 14.6. The van der Waals surface area contributed by atoms with E-state index in [4.69, 9.17) is 112 Å². The Hall–Kier alpha value is -2.83. The molecule has 17 nitrogen and oxygen atoms in total. The molecule has 2 unspecified atom stereocenters. The van der Waals surface area contributed by atoms with Gasteiger partial charge in [-0.25, -0.2) is 19.4 Å². The second kappa shape index (κ2) is 24.1. The predicted molar refractivity (Wildman–Crippen MR) is 302 cm³/mol. The minimum absolute atomic E-state index is 0.122. The summed E-state index contributed by atoms with van der Waals surface area (Å²) in [6.45, 7) is 22.9. The molecule has 426 valence electrons. The summed E-state index contributed by atoms with van der Waals surface area (Å²) in [5, 5.41) is -0.552. The number of hydrogen-bond acceptors (Lipinski definition) is 13.